The number of carbonyl (C=O) groups excluding carboxylic acids is 1. The molecule has 3 aromatic heterocycles. The average molecular weight is 485 g/mol. The fraction of sp³-hybridized carbons (Fsp3) is 0.476. The van der Waals surface area contributed by atoms with Gasteiger partial charge in [-0.1, -0.05) is 0 Å². The number of amides is 1. The highest BCUT2D eigenvalue weighted by atomic mass is 32.1. The second-order valence-electron chi connectivity index (χ2n) is 8.44. The van der Waals surface area contributed by atoms with Gasteiger partial charge >= 0.3 is 6.09 Å². The van der Waals surface area contributed by atoms with E-state index in [1.54, 1.807) is 16.8 Å². The van der Waals surface area contributed by atoms with Crippen molar-refractivity contribution in [2.45, 2.75) is 19.9 Å². The van der Waals surface area contributed by atoms with Gasteiger partial charge in [-0.05, 0) is 25.5 Å². The summed E-state index contributed by atoms with van der Waals surface area (Å²) in [5, 5.41) is 7.82. The second-order valence-corrected chi connectivity index (χ2v) is 9.27. The molecule has 0 unspecified atom stereocenters. The first-order chi connectivity index (χ1) is 16.5. The normalized spacial score (nSPS) is 19.4. The van der Waals surface area contributed by atoms with E-state index in [1.807, 2.05) is 19.9 Å². The van der Waals surface area contributed by atoms with Crippen molar-refractivity contribution < 1.29 is 9.63 Å². The van der Waals surface area contributed by atoms with E-state index in [9.17, 15) is 4.79 Å². The van der Waals surface area contributed by atoms with E-state index >= 15 is 0 Å². The number of hydrogen-bond acceptors (Lipinski definition) is 12. The number of nitrogen functional groups attached to an aromatic ring is 1. The van der Waals surface area contributed by atoms with Crippen LogP contribution in [0, 0.1) is 6.92 Å². The van der Waals surface area contributed by atoms with Crippen LogP contribution in [0.5, 0.6) is 0 Å². The van der Waals surface area contributed by atoms with E-state index in [-0.39, 0.29) is 12.0 Å². The van der Waals surface area contributed by atoms with Crippen molar-refractivity contribution >= 4 is 51.0 Å². The van der Waals surface area contributed by atoms with Crippen molar-refractivity contribution in [2.24, 2.45) is 0 Å². The van der Waals surface area contributed by atoms with Crippen LogP contribution < -0.4 is 26.2 Å². The Balaban J connectivity index is 1.19. The summed E-state index contributed by atoms with van der Waals surface area (Å²) in [6.07, 6.45) is 1.15. The van der Waals surface area contributed by atoms with E-state index < -0.39 is 6.09 Å². The molecule has 0 saturated carbocycles. The summed E-state index contributed by atoms with van der Waals surface area (Å²) >= 11 is 1.43. The Morgan fingerprint density at radius 3 is 2.82 bits per heavy atom. The lowest BCUT2D eigenvalue weighted by atomic mass is 10.2. The van der Waals surface area contributed by atoms with Crippen molar-refractivity contribution in [3.8, 4) is 0 Å². The summed E-state index contributed by atoms with van der Waals surface area (Å²) < 4.78 is 0. The molecule has 5 heterocycles. The molecule has 1 atom stereocenters. The van der Waals surface area contributed by atoms with Crippen molar-refractivity contribution in [3.63, 3.8) is 0 Å². The molecule has 180 valence electrons. The Kier molecular flexibility index (Phi) is 6.30. The van der Waals surface area contributed by atoms with Gasteiger partial charge in [0.2, 0.25) is 5.95 Å². The minimum Gasteiger partial charge on any atom is -0.368 e. The van der Waals surface area contributed by atoms with E-state index in [4.69, 9.17) is 10.6 Å². The van der Waals surface area contributed by atoms with Crippen LogP contribution in [-0.4, -0.2) is 82.9 Å². The quantitative estimate of drug-likeness (QED) is 0.496. The summed E-state index contributed by atoms with van der Waals surface area (Å²) in [6, 6.07) is 2.02. The van der Waals surface area contributed by atoms with Crippen LogP contribution in [0.15, 0.2) is 17.8 Å². The zero-order valence-electron chi connectivity index (χ0n) is 19.2. The molecule has 12 nitrogen and oxygen atoms in total. The predicted octanol–water partition coefficient (Wildman–Crippen LogP) is 1.46. The molecule has 4 N–H and O–H groups in total. The largest absolute Gasteiger partial charge is 0.430 e. The highest BCUT2D eigenvalue weighted by Gasteiger charge is 2.29. The molecule has 13 heteroatoms. The number of thiazole rings is 1. The highest BCUT2D eigenvalue weighted by Crippen LogP contribution is 2.29. The fourth-order valence-corrected chi connectivity index (χ4v) is 4.93. The maximum Gasteiger partial charge on any atom is 0.430 e. The summed E-state index contributed by atoms with van der Waals surface area (Å²) in [5.41, 5.74) is 9.95. The standard InChI is InChI=1S/C21H28N10O2S/c1-13-9-16(29-5-3-23-4-6-29)24-10-15(13)26-21(32)33-30-7-8-31(14(2)11-30)18-17-19(34-12-25-17)28-20(22)27-18/h9-10,12,14,23H,3-8,11H2,1-2H3,(H,26,32)(H2,22,27,28)/t14-/m0/s1. The fourth-order valence-electron chi connectivity index (χ4n) is 4.27. The Bertz CT molecular complexity index is 1180. The minimum absolute atomic E-state index is 0.0301. The van der Waals surface area contributed by atoms with Crippen molar-refractivity contribution in [2.75, 3.05) is 66.7 Å². The highest BCUT2D eigenvalue weighted by molar-refractivity contribution is 7.16. The zero-order valence-corrected chi connectivity index (χ0v) is 20.0. The number of aromatic nitrogens is 4. The van der Waals surface area contributed by atoms with Crippen LogP contribution in [-0.2, 0) is 4.84 Å². The number of nitrogens with zero attached hydrogens (tertiary/aromatic N) is 7. The molecule has 0 aromatic carbocycles. The number of nitrogens with two attached hydrogens (primary N) is 1. The molecule has 2 aliphatic rings. The molecular formula is C21H28N10O2S. The lowest BCUT2D eigenvalue weighted by Crippen LogP contribution is -2.53. The third-order valence-electron chi connectivity index (χ3n) is 6.05. The number of piperazine rings is 2. The number of hydroxylamine groups is 2. The first-order valence-corrected chi connectivity index (χ1v) is 12.2. The number of carbonyl (C=O) groups is 1. The smallest absolute Gasteiger partial charge is 0.368 e. The average Bonchev–Trinajstić information content (AvgIpc) is 3.29. The number of pyridine rings is 1. The Morgan fingerprint density at radius 2 is 2.06 bits per heavy atom. The summed E-state index contributed by atoms with van der Waals surface area (Å²) in [7, 11) is 0. The van der Waals surface area contributed by atoms with E-state index in [0.29, 0.717) is 31.1 Å². The predicted molar refractivity (Wildman–Crippen MR) is 132 cm³/mol. The zero-order chi connectivity index (χ0) is 23.7. The second kappa shape index (κ2) is 9.52. The van der Waals surface area contributed by atoms with Crippen LogP contribution in [0.1, 0.15) is 12.5 Å². The molecule has 2 saturated heterocycles. The summed E-state index contributed by atoms with van der Waals surface area (Å²) in [4.78, 5) is 40.9. The first-order valence-electron chi connectivity index (χ1n) is 11.3. The van der Waals surface area contributed by atoms with Crippen LogP contribution in [0.4, 0.5) is 28.1 Å². The molecule has 2 aliphatic heterocycles. The number of fused-ring (bicyclic) bond motifs is 1. The SMILES string of the molecule is Cc1cc(N2CCNCC2)ncc1NC(=O)ON1CCN(c2nc(N)nc3scnc23)[C@@H](C)C1. The van der Waals surface area contributed by atoms with Gasteiger partial charge in [0, 0.05) is 38.8 Å². The van der Waals surface area contributed by atoms with Crippen molar-refractivity contribution in [1.29, 1.82) is 0 Å². The summed E-state index contributed by atoms with van der Waals surface area (Å²) in [6.45, 7) is 9.37. The monoisotopic (exact) mass is 484 g/mol. The molecule has 1 amide bonds. The lowest BCUT2D eigenvalue weighted by Gasteiger charge is -2.39. The van der Waals surface area contributed by atoms with Gasteiger partial charge in [-0.25, -0.2) is 19.7 Å². The van der Waals surface area contributed by atoms with Crippen molar-refractivity contribution in [1.82, 2.24) is 30.3 Å². The van der Waals surface area contributed by atoms with E-state index in [1.165, 1.54) is 11.3 Å². The molecule has 3 aromatic rings. The van der Waals surface area contributed by atoms with E-state index in [0.717, 1.165) is 47.9 Å². The molecule has 0 radical (unpaired) electrons. The van der Waals surface area contributed by atoms with Gasteiger partial charge in [0.15, 0.2) is 10.6 Å². The Hall–Kier alpha value is -3.29. The van der Waals surface area contributed by atoms with Crippen LogP contribution in [0.2, 0.25) is 0 Å². The van der Waals surface area contributed by atoms with Gasteiger partial charge in [-0.2, -0.15) is 4.98 Å². The Morgan fingerprint density at radius 1 is 1.24 bits per heavy atom. The molecule has 34 heavy (non-hydrogen) atoms. The first kappa shape index (κ1) is 22.5. The number of anilines is 4. The topological polar surface area (TPSA) is 138 Å². The lowest BCUT2D eigenvalue weighted by molar-refractivity contribution is -0.103. The molecule has 0 bridgehead atoms. The van der Waals surface area contributed by atoms with Gasteiger partial charge in [-0.3, -0.25) is 5.32 Å². The van der Waals surface area contributed by atoms with Crippen LogP contribution in [0.3, 0.4) is 0 Å². The van der Waals surface area contributed by atoms with Gasteiger partial charge in [0.1, 0.15) is 11.3 Å². The number of hydrogen-bond donors (Lipinski definition) is 3. The number of nitrogens with one attached hydrogen (secondary N) is 2. The Labute approximate surface area is 201 Å². The molecule has 0 spiro atoms. The number of aryl methyl sites for hydroxylation is 1. The molecular weight excluding hydrogens is 456 g/mol. The maximum absolute atomic E-state index is 12.6. The third-order valence-corrected chi connectivity index (χ3v) is 6.76. The molecule has 0 aliphatic carbocycles. The van der Waals surface area contributed by atoms with Crippen molar-refractivity contribution in [3.05, 3.63) is 23.3 Å². The number of rotatable bonds is 4. The van der Waals surface area contributed by atoms with E-state index in [2.05, 4.69) is 40.4 Å². The van der Waals surface area contributed by atoms with Gasteiger partial charge in [0.05, 0.1) is 30.5 Å². The third kappa shape index (κ3) is 4.67. The van der Waals surface area contributed by atoms with Gasteiger partial charge < -0.3 is 25.7 Å². The maximum atomic E-state index is 12.6. The van der Waals surface area contributed by atoms with Gasteiger partial charge in [0.25, 0.3) is 0 Å². The van der Waals surface area contributed by atoms with Crippen LogP contribution in [0.25, 0.3) is 10.3 Å². The minimum atomic E-state index is -0.534. The molecule has 2 fully saturated rings. The summed E-state index contributed by atoms with van der Waals surface area (Å²) in [5.74, 6) is 1.86. The van der Waals surface area contributed by atoms with Gasteiger partial charge in [-0.15, -0.1) is 16.4 Å². The van der Waals surface area contributed by atoms with Crippen LogP contribution >= 0.6 is 11.3 Å². The molecule has 5 rings (SSSR count).